The van der Waals surface area contributed by atoms with Crippen molar-refractivity contribution in [3.8, 4) is 11.5 Å². The molecule has 1 saturated heterocycles. The summed E-state index contributed by atoms with van der Waals surface area (Å²) in [5, 5.41) is 2.94. The van der Waals surface area contributed by atoms with Crippen molar-refractivity contribution in [2.24, 2.45) is 17.8 Å². The molecule has 1 aliphatic carbocycles. The van der Waals surface area contributed by atoms with Gasteiger partial charge < -0.3 is 19.7 Å². The zero-order chi connectivity index (χ0) is 17.4. The van der Waals surface area contributed by atoms with Gasteiger partial charge in [-0.1, -0.05) is 13.0 Å². The third-order valence-corrected chi connectivity index (χ3v) is 5.32. The van der Waals surface area contributed by atoms with E-state index in [1.165, 1.54) is 6.42 Å². The number of ether oxygens (including phenoxy) is 2. The third-order valence-electron chi connectivity index (χ3n) is 5.32. The third kappa shape index (κ3) is 3.43. The summed E-state index contributed by atoms with van der Waals surface area (Å²) in [6, 6.07) is 5.65. The van der Waals surface area contributed by atoms with Gasteiger partial charge in [-0.25, -0.2) is 0 Å². The van der Waals surface area contributed by atoms with Crippen molar-refractivity contribution in [2.45, 2.75) is 32.7 Å². The van der Waals surface area contributed by atoms with Gasteiger partial charge in [-0.05, 0) is 42.9 Å². The Bertz CT molecular complexity index is 690. The number of benzene rings is 1. The van der Waals surface area contributed by atoms with Crippen LogP contribution >= 0.6 is 0 Å². The first-order valence-electron chi connectivity index (χ1n) is 9.07. The van der Waals surface area contributed by atoms with Gasteiger partial charge in [0, 0.05) is 19.6 Å². The Kier molecular flexibility index (Phi) is 4.27. The highest BCUT2D eigenvalue weighted by Crippen LogP contribution is 2.41. The highest BCUT2D eigenvalue weighted by molar-refractivity contribution is 5.92. The second-order valence-corrected chi connectivity index (χ2v) is 7.39. The minimum absolute atomic E-state index is 0.0268. The van der Waals surface area contributed by atoms with Crippen LogP contribution in [0.15, 0.2) is 18.2 Å². The summed E-state index contributed by atoms with van der Waals surface area (Å²) >= 11 is 0. The average molecular weight is 344 g/mol. The van der Waals surface area contributed by atoms with Gasteiger partial charge in [-0.3, -0.25) is 9.59 Å². The number of nitrogens with zero attached hydrogens (tertiary/aromatic N) is 1. The minimum Gasteiger partial charge on any atom is -0.454 e. The Labute approximate surface area is 147 Å². The quantitative estimate of drug-likeness (QED) is 0.906. The summed E-state index contributed by atoms with van der Waals surface area (Å²) in [7, 11) is 0. The Morgan fingerprint density at radius 1 is 1.24 bits per heavy atom. The smallest absolute Gasteiger partial charge is 0.231 e. The first kappa shape index (κ1) is 16.2. The fourth-order valence-electron chi connectivity index (χ4n) is 3.75. The van der Waals surface area contributed by atoms with E-state index in [0.717, 1.165) is 30.8 Å². The molecule has 1 saturated carbocycles. The predicted molar refractivity (Wildman–Crippen MR) is 91.0 cm³/mol. The average Bonchev–Trinajstić information content (AvgIpc) is 3.28. The highest BCUT2D eigenvalue weighted by atomic mass is 16.7. The molecular formula is C19H24N2O4. The molecule has 134 valence electrons. The monoisotopic (exact) mass is 344 g/mol. The number of nitrogens with one attached hydrogen (secondary N) is 1. The number of hydrogen-bond donors (Lipinski definition) is 1. The normalized spacial score (nSPS) is 27.1. The second kappa shape index (κ2) is 6.58. The number of amides is 2. The number of piperidine rings is 1. The minimum atomic E-state index is -0.168. The van der Waals surface area contributed by atoms with Crippen LogP contribution in [-0.4, -0.2) is 36.6 Å². The van der Waals surface area contributed by atoms with Gasteiger partial charge >= 0.3 is 0 Å². The summed E-state index contributed by atoms with van der Waals surface area (Å²) in [4.78, 5) is 26.8. The highest BCUT2D eigenvalue weighted by Gasteiger charge is 2.49. The fraction of sp³-hybridized carbons (Fsp3) is 0.579. The second-order valence-electron chi connectivity index (χ2n) is 7.39. The van der Waals surface area contributed by atoms with E-state index in [4.69, 9.17) is 9.47 Å². The fourth-order valence-corrected chi connectivity index (χ4v) is 3.75. The van der Waals surface area contributed by atoms with E-state index in [0.29, 0.717) is 24.6 Å². The molecule has 2 aliphatic heterocycles. The van der Waals surface area contributed by atoms with E-state index in [2.05, 4.69) is 12.2 Å². The van der Waals surface area contributed by atoms with Crippen LogP contribution in [-0.2, 0) is 16.1 Å². The molecule has 3 unspecified atom stereocenters. The van der Waals surface area contributed by atoms with Gasteiger partial charge in [0.1, 0.15) is 0 Å². The number of fused-ring (bicyclic) bond motifs is 1. The molecule has 0 radical (unpaired) electrons. The number of carbonyl (C=O) groups excluding carboxylic acids is 2. The van der Waals surface area contributed by atoms with Crippen LogP contribution in [0, 0.1) is 17.8 Å². The summed E-state index contributed by atoms with van der Waals surface area (Å²) < 4.78 is 10.6. The molecule has 0 bridgehead atoms. The molecule has 3 aliphatic rings. The lowest BCUT2D eigenvalue weighted by Gasteiger charge is -2.31. The van der Waals surface area contributed by atoms with Gasteiger partial charge in [0.15, 0.2) is 11.5 Å². The summed E-state index contributed by atoms with van der Waals surface area (Å²) in [5.74, 6) is 1.86. The van der Waals surface area contributed by atoms with Crippen LogP contribution in [0.3, 0.4) is 0 Å². The molecule has 0 aromatic heterocycles. The summed E-state index contributed by atoms with van der Waals surface area (Å²) in [6.45, 7) is 4.54. The maximum atomic E-state index is 12.5. The lowest BCUT2D eigenvalue weighted by Crippen LogP contribution is -2.40. The van der Waals surface area contributed by atoms with Crippen molar-refractivity contribution in [3.63, 3.8) is 0 Å². The Morgan fingerprint density at radius 2 is 2.08 bits per heavy atom. The van der Waals surface area contributed by atoms with E-state index in [9.17, 15) is 9.59 Å². The number of hydrogen-bond acceptors (Lipinski definition) is 4. The van der Waals surface area contributed by atoms with Crippen LogP contribution in [0.4, 0.5) is 0 Å². The summed E-state index contributed by atoms with van der Waals surface area (Å²) in [5.41, 5.74) is 0.964. The van der Waals surface area contributed by atoms with Crippen molar-refractivity contribution in [1.82, 2.24) is 10.2 Å². The van der Waals surface area contributed by atoms with Gasteiger partial charge in [-0.15, -0.1) is 0 Å². The van der Waals surface area contributed by atoms with E-state index < -0.39 is 0 Å². The Hall–Kier alpha value is -2.24. The molecule has 2 fully saturated rings. The molecule has 1 aromatic rings. The van der Waals surface area contributed by atoms with Gasteiger partial charge in [0.05, 0.1) is 11.8 Å². The SMILES string of the molecule is CC1CCCN(C(=O)C2CC2C(=O)NCc2ccc3c(c2)OCO3)C1. The topological polar surface area (TPSA) is 67.9 Å². The van der Waals surface area contributed by atoms with Crippen LogP contribution in [0.1, 0.15) is 31.7 Å². The molecule has 6 nitrogen and oxygen atoms in total. The number of carbonyl (C=O) groups is 2. The van der Waals surface area contributed by atoms with E-state index in [-0.39, 0.29) is 30.4 Å². The molecule has 1 N–H and O–H groups in total. The van der Waals surface area contributed by atoms with Gasteiger partial charge in [0.2, 0.25) is 18.6 Å². The Balaban J connectivity index is 1.27. The van der Waals surface area contributed by atoms with Crippen molar-refractivity contribution < 1.29 is 19.1 Å². The largest absolute Gasteiger partial charge is 0.454 e. The van der Waals surface area contributed by atoms with Crippen LogP contribution in [0.2, 0.25) is 0 Å². The van der Waals surface area contributed by atoms with Crippen LogP contribution < -0.4 is 14.8 Å². The molecule has 25 heavy (non-hydrogen) atoms. The molecule has 4 rings (SSSR count). The molecule has 2 heterocycles. The molecule has 6 heteroatoms. The van der Waals surface area contributed by atoms with Crippen molar-refractivity contribution >= 4 is 11.8 Å². The zero-order valence-corrected chi connectivity index (χ0v) is 14.5. The maximum absolute atomic E-state index is 12.5. The maximum Gasteiger partial charge on any atom is 0.231 e. The lowest BCUT2D eigenvalue weighted by molar-refractivity contribution is -0.136. The predicted octanol–water partition coefficient (Wildman–Crippen LogP) is 1.93. The molecular weight excluding hydrogens is 320 g/mol. The van der Waals surface area contributed by atoms with Crippen molar-refractivity contribution in [3.05, 3.63) is 23.8 Å². The lowest BCUT2D eigenvalue weighted by atomic mass is 10.00. The standard InChI is InChI=1S/C19H24N2O4/c1-12-3-2-6-21(10-12)19(23)15-8-14(15)18(22)20-9-13-4-5-16-17(7-13)25-11-24-16/h4-5,7,12,14-15H,2-3,6,8-11H2,1H3,(H,20,22). The first-order valence-corrected chi connectivity index (χ1v) is 9.07. The van der Waals surface area contributed by atoms with Gasteiger partial charge in [0.25, 0.3) is 0 Å². The number of likely N-dealkylation sites (tertiary alicyclic amines) is 1. The molecule has 1 aromatic carbocycles. The van der Waals surface area contributed by atoms with Crippen molar-refractivity contribution in [1.29, 1.82) is 0 Å². The van der Waals surface area contributed by atoms with E-state index >= 15 is 0 Å². The summed E-state index contributed by atoms with van der Waals surface area (Å²) in [6.07, 6.45) is 2.94. The molecule has 2 amide bonds. The Morgan fingerprint density at radius 3 is 2.92 bits per heavy atom. The van der Waals surface area contributed by atoms with Gasteiger partial charge in [-0.2, -0.15) is 0 Å². The van der Waals surface area contributed by atoms with Crippen molar-refractivity contribution in [2.75, 3.05) is 19.9 Å². The first-order chi connectivity index (χ1) is 12.1. The van der Waals surface area contributed by atoms with E-state index in [1.807, 2.05) is 23.1 Å². The van der Waals surface area contributed by atoms with E-state index in [1.54, 1.807) is 0 Å². The van der Waals surface area contributed by atoms with Crippen LogP contribution in [0.5, 0.6) is 11.5 Å². The molecule has 0 spiro atoms. The molecule has 3 atom stereocenters. The zero-order valence-electron chi connectivity index (χ0n) is 14.5. The number of rotatable bonds is 4. The van der Waals surface area contributed by atoms with Crippen LogP contribution in [0.25, 0.3) is 0 Å².